The summed E-state index contributed by atoms with van der Waals surface area (Å²) in [4.78, 5) is 16.1. The third-order valence-electron chi connectivity index (χ3n) is 13.3. The molecule has 6 aromatic carbocycles. The van der Waals surface area contributed by atoms with Crippen LogP contribution in [-0.2, 0) is 5.41 Å². The molecule has 4 aliphatic rings. The second kappa shape index (κ2) is 12.0. The highest BCUT2D eigenvalue weighted by Gasteiger charge is 2.53. The van der Waals surface area contributed by atoms with Crippen molar-refractivity contribution < 1.29 is 0 Å². The largest absolute Gasteiger partial charge is 0.309 e. The van der Waals surface area contributed by atoms with Gasteiger partial charge >= 0.3 is 0 Å². The fourth-order valence-corrected chi connectivity index (χ4v) is 11.4. The molecule has 4 bridgehead atoms. The molecule has 4 fully saturated rings. The Morgan fingerprint density at radius 1 is 0.518 bits per heavy atom. The molecule has 268 valence electrons. The first-order valence-electron chi connectivity index (χ1n) is 20.0. The number of aromatic nitrogens is 5. The Balaban J connectivity index is 1.12. The van der Waals surface area contributed by atoms with Crippen molar-refractivity contribution in [3.05, 3.63) is 151 Å². The lowest BCUT2D eigenvalue weighted by Gasteiger charge is -2.56. The summed E-state index contributed by atoms with van der Waals surface area (Å²) in [7, 11) is 0. The lowest BCUT2D eigenvalue weighted by atomic mass is 9.49. The number of nitriles is 1. The van der Waals surface area contributed by atoms with Crippen LogP contribution < -0.4 is 0 Å². The number of fused-ring (bicyclic) bond motifs is 6. The molecule has 0 amide bonds. The van der Waals surface area contributed by atoms with E-state index in [0.717, 1.165) is 81.8 Å². The lowest BCUT2D eigenvalue weighted by Crippen LogP contribution is -2.49. The summed E-state index contributed by atoms with van der Waals surface area (Å²) >= 11 is 0. The first kappa shape index (κ1) is 31.7. The summed E-state index contributed by atoms with van der Waals surface area (Å²) in [6.45, 7) is 0. The first-order valence-corrected chi connectivity index (χ1v) is 20.0. The van der Waals surface area contributed by atoms with E-state index >= 15 is 0 Å². The fraction of sp³-hybridized carbons (Fsp3) is 0.200. The van der Waals surface area contributed by atoms with Gasteiger partial charge in [-0.3, -0.25) is 0 Å². The van der Waals surface area contributed by atoms with Crippen LogP contribution in [0.3, 0.4) is 0 Å². The van der Waals surface area contributed by atoms with E-state index in [-0.39, 0.29) is 5.41 Å². The SMILES string of the molecule is N#Cc1ccc(-n2c3ccccc3c3ccc(-n4c5ccccc5c5ccccc54)cc32)c(-c2nc(-c3ccccc3)nc(C34CC5CC(CC(C5)C3)C4)n2)c1. The molecule has 3 aromatic heterocycles. The number of hydrogen-bond donors (Lipinski definition) is 0. The molecule has 0 spiro atoms. The Morgan fingerprint density at radius 3 is 1.70 bits per heavy atom. The second-order valence-electron chi connectivity index (χ2n) is 16.6. The van der Waals surface area contributed by atoms with Crippen LogP contribution >= 0.6 is 0 Å². The van der Waals surface area contributed by atoms with Gasteiger partial charge in [0.2, 0.25) is 0 Å². The average molecular weight is 723 g/mol. The van der Waals surface area contributed by atoms with Gasteiger partial charge in [0, 0.05) is 43.8 Å². The minimum Gasteiger partial charge on any atom is -0.309 e. The van der Waals surface area contributed by atoms with Gasteiger partial charge in [0.15, 0.2) is 11.6 Å². The molecule has 13 rings (SSSR count). The van der Waals surface area contributed by atoms with E-state index in [0.29, 0.717) is 17.2 Å². The topological polar surface area (TPSA) is 72.3 Å². The molecule has 9 aromatic rings. The second-order valence-corrected chi connectivity index (χ2v) is 16.6. The van der Waals surface area contributed by atoms with Gasteiger partial charge in [-0.25, -0.2) is 15.0 Å². The lowest BCUT2D eigenvalue weighted by molar-refractivity contribution is -0.00938. The Morgan fingerprint density at radius 2 is 1.07 bits per heavy atom. The van der Waals surface area contributed by atoms with E-state index < -0.39 is 0 Å². The summed E-state index contributed by atoms with van der Waals surface area (Å²) < 4.78 is 4.73. The van der Waals surface area contributed by atoms with Gasteiger partial charge in [-0.15, -0.1) is 0 Å². The monoisotopic (exact) mass is 722 g/mol. The summed E-state index contributed by atoms with van der Waals surface area (Å²) in [6, 6.07) is 51.5. The third kappa shape index (κ3) is 4.70. The molecule has 3 heterocycles. The van der Waals surface area contributed by atoms with Gasteiger partial charge in [0.1, 0.15) is 5.82 Å². The maximum atomic E-state index is 10.3. The summed E-state index contributed by atoms with van der Waals surface area (Å²) in [5.41, 5.74) is 8.90. The van der Waals surface area contributed by atoms with Crippen LogP contribution in [0.25, 0.3) is 77.8 Å². The number of hydrogen-bond acceptors (Lipinski definition) is 4. The van der Waals surface area contributed by atoms with Crippen molar-refractivity contribution in [2.75, 3.05) is 0 Å². The molecule has 0 aliphatic heterocycles. The van der Waals surface area contributed by atoms with E-state index in [4.69, 9.17) is 15.0 Å². The van der Waals surface area contributed by atoms with Crippen molar-refractivity contribution in [3.8, 4) is 40.2 Å². The van der Waals surface area contributed by atoms with Crippen LogP contribution in [0.4, 0.5) is 0 Å². The van der Waals surface area contributed by atoms with Crippen molar-refractivity contribution in [3.63, 3.8) is 0 Å². The zero-order valence-corrected chi connectivity index (χ0v) is 30.9. The Labute approximate surface area is 324 Å². The van der Waals surface area contributed by atoms with Crippen molar-refractivity contribution in [1.29, 1.82) is 5.26 Å². The van der Waals surface area contributed by atoms with Gasteiger partial charge in [-0.2, -0.15) is 5.26 Å². The number of nitrogens with zero attached hydrogens (tertiary/aromatic N) is 6. The van der Waals surface area contributed by atoms with Crippen LogP contribution in [0, 0.1) is 29.1 Å². The molecule has 56 heavy (non-hydrogen) atoms. The fourth-order valence-electron chi connectivity index (χ4n) is 11.4. The Bertz CT molecular complexity index is 3000. The maximum absolute atomic E-state index is 10.3. The number of para-hydroxylation sites is 3. The van der Waals surface area contributed by atoms with Crippen LogP contribution in [-0.4, -0.2) is 24.1 Å². The molecule has 6 nitrogen and oxygen atoms in total. The highest BCUT2D eigenvalue weighted by molar-refractivity contribution is 6.12. The smallest absolute Gasteiger partial charge is 0.165 e. The normalized spacial score (nSPS) is 21.4. The number of benzene rings is 6. The minimum atomic E-state index is -0.0347. The quantitative estimate of drug-likeness (QED) is 0.177. The van der Waals surface area contributed by atoms with Gasteiger partial charge in [0.05, 0.1) is 39.4 Å². The van der Waals surface area contributed by atoms with E-state index in [2.05, 4.69) is 137 Å². The molecule has 4 saturated carbocycles. The highest BCUT2D eigenvalue weighted by atomic mass is 15.1. The molecular weight excluding hydrogens is 685 g/mol. The standard InChI is InChI=1S/C50H38N6/c51-30-31-18-21-45(41(25-31)48-52-47(35-10-2-1-3-11-35)53-49(54-48)50-27-32-22-33(28-50)24-34(23-32)29-50)56-44-17-9-6-14-39(44)40-20-19-36(26-46(40)56)55-42-15-7-4-12-37(42)38-13-5-8-16-43(38)55/h1-21,25-26,32-34H,22-24,27-29H2. The van der Waals surface area contributed by atoms with Crippen molar-refractivity contribution in [2.24, 2.45) is 17.8 Å². The molecule has 4 aliphatic carbocycles. The van der Waals surface area contributed by atoms with E-state index in [1.54, 1.807) is 0 Å². The average Bonchev–Trinajstić information content (AvgIpc) is 3.75. The van der Waals surface area contributed by atoms with E-state index in [1.165, 1.54) is 46.5 Å². The van der Waals surface area contributed by atoms with Gasteiger partial charge in [-0.05, 0) is 105 Å². The van der Waals surface area contributed by atoms with Gasteiger partial charge in [-0.1, -0.05) is 91.0 Å². The van der Waals surface area contributed by atoms with Crippen LogP contribution in [0.5, 0.6) is 0 Å². The zero-order valence-electron chi connectivity index (χ0n) is 30.9. The summed E-state index contributed by atoms with van der Waals surface area (Å²) in [5, 5.41) is 15.1. The van der Waals surface area contributed by atoms with E-state index in [1.807, 2.05) is 18.2 Å². The first-order chi connectivity index (χ1) is 27.6. The predicted octanol–water partition coefficient (Wildman–Crippen LogP) is 11.7. The summed E-state index contributed by atoms with van der Waals surface area (Å²) in [6.07, 6.45) is 7.50. The molecule has 6 heteroatoms. The van der Waals surface area contributed by atoms with Crippen LogP contribution in [0.2, 0.25) is 0 Å². The molecule has 0 unspecified atom stereocenters. The van der Waals surface area contributed by atoms with E-state index in [9.17, 15) is 5.26 Å². The summed E-state index contributed by atoms with van der Waals surface area (Å²) in [5.74, 6) is 4.51. The molecular formula is C50H38N6. The molecule has 0 atom stereocenters. The zero-order chi connectivity index (χ0) is 37.0. The van der Waals surface area contributed by atoms with Crippen molar-refractivity contribution in [1.82, 2.24) is 24.1 Å². The number of rotatable bonds is 5. The third-order valence-corrected chi connectivity index (χ3v) is 13.3. The predicted molar refractivity (Wildman–Crippen MR) is 224 cm³/mol. The molecule has 0 saturated heterocycles. The highest BCUT2D eigenvalue weighted by Crippen LogP contribution is 2.60. The van der Waals surface area contributed by atoms with Gasteiger partial charge in [0.25, 0.3) is 0 Å². The van der Waals surface area contributed by atoms with Crippen LogP contribution in [0.1, 0.15) is 49.9 Å². The van der Waals surface area contributed by atoms with Crippen LogP contribution in [0.15, 0.2) is 140 Å². The molecule has 0 radical (unpaired) electrons. The molecule has 0 N–H and O–H groups in total. The van der Waals surface area contributed by atoms with Crippen molar-refractivity contribution >= 4 is 43.6 Å². The minimum absolute atomic E-state index is 0.0347. The Hall–Kier alpha value is -6.58. The van der Waals surface area contributed by atoms with Crippen molar-refractivity contribution in [2.45, 2.75) is 43.9 Å². The van der Waals surface area contributed by atoms with Gasteiger partial charge < -0.3 is 9.13 Å². The maximum Gasteiger partial charge on any atom is 0.165 e. The Kier molecular flexibility index (Phi) is 6.78.